The molecule has 2 saturated carbocycles. The van der Waals surface area contributed by atoms with E-state index in [-0.39, 0.29) is 22.8 Å². The van der Waals surface area contributed by atoms with E-state index in [0.29, 0.717) is 22.1 Å². The molecule has 1 amide bonds. The first kappa shape index (κ1) is 18.5. The van der Waals surface area contributed by atoms with Gasteiger partial charge in [0, 0.05) is 12.1 Å². The Morgan fingerprint density at radius 2 is 1.81 bits per heavy atom. The van der Waals surface area contributed by atoms with Gasteiger partial charge in [-0.25, -0.2) is 4.98 Å². The SMILES string of the molecule is C[C@@H](Sc1nc2ccccc2c(=O)n1C1CCCC1)C(=O)NC1CCCC1. The summed E-state index contributed by atoms with van der Waals surface area (Å²) in [6.45, 7) is 1.91. The number of carbonyl (C=O) groups is 1. The van der Waals surface area contributed by atoms with Crippen molar-refractivity contribution in [3.8, 4) is 0 Å². The monoisotopic (exact) mass is 385 g/mol. The molecule has 2 aliphatic rings. The average molecular weight is 386 g/mol. The summed E-state index contributed by atoms with van der Waals surface area (Å²) < 4.78 is 1.86. The lowest BCUT2D eigenvalue weighted by atomic mass is 10.2. The second kappa shape index (κ2) is 8.05. The van der Waals surface area contributed by atoms with Gasteiger partial charge in [0.25, 0.3) is 5.56 Å². The Bertz CT molecular complexity index is 883. The first-order valence-electron chi connectivity index (χ1n) is 10.1. The summed E-state index contributed by atoms with van der Waals surface area (Å²) in [6, 6.07) is 8.02. The minimum atomic E-state index is -0.272. The van der Waals surface area contributed by atoms with E-state index >= 15 is 0 Å². The van der Waals surface area contributed by atoms with Gasteiger partial charge in [-0.2, -0.15) is 0 Å². The van der Waals surface area contributed by atoms with Crippen molar-refractivity contribution in [3.05, 3.63) is 34.6 Å². The molecule has 2 aromatic rings. The van der Waals surface area contributed by atoms with Crippen LogP contribution in [0.4, 0.5) is 0 Å². The number of carbonyl (C=O) groups excluding carboxylic acids is 1. The van der Waals surface area contributed by atoms with Crippen molar-refractivity contribution in [3.63, 3.8) is 0 Å². The van der Waals surface area contributed by atoms with Gasteiger partial charge in [-0.1, -0.05) is 49.6 Å². The molecule has 144 valence electrons. The number of fused-ring (bicyclic) bond motifs is 1. The first-order valence-corrected chi connectivity index (χ1v) is 11.0. The molecule has 0 radical (unpaired) electrons. The molecule has 2 fully saturated rings. The highest BCUT2D eigenvalue weighted by atomic mass is 32.2. The van der Waals surface area contributed by atoms with Gasteiger partial charge in [0.2, 0.25) is 5.91 Å². The minimum Gasteiger partial charge on any atom is -0.352 e. The predicted octanol–water partition coefficient (Wildman–Crippen LogP) is 4.05. The number of thioether (sulfide) groups is 1. The molecule has 0 spiro atoms. The smallest absolute Gasteiger partial charge is 0.262 e. The van der Waals surface area contributed by atoms with Gasteiger partial charge in [-0.3, -0.25) is 14.2 Å². The van der Waals surface area contributed by atoms with Crippen LogP contribution in [0, 0.1) is 0 Å². The highest BCUT2D eigenvalue weighted by Gasteiger charge is 2.26. The fraction of sp³-hybridized carbons (Fsp3) is 0.571. The van der Waals surface area contributed by atoms with Crippen molar-refractivity contribution in [1.82, 2.24) is 14.9 Å². The number of hydrogen-bond acceptors (Lipinski definition) is 4. The zero-order chi connectivity index (χ0) is 18.8. The fourth-order valence-corrected chi connectivity index (χ4v) is 5.28. The molecule has 5 nitrogen and oxygen atoms in total. The second-order valence-electron chi connectivity index (χ2n) is 7.78. The van der Waals surface area contributed by atoms with Crippen LogP contribution in [0.1, 0.15) is 64.3 Å². The third kappa shape index (κ3) is 3.91. The highest BCUT2D eigenvalue weighted by Crippen LogP contribution is 2.33. The lowest BCUT2D eigenvalue weighted by Crippen LogP contribution is -2.38. The maximum atomic E-state index is 13.2. The van der Waals surface area contributed by atoms with Crippen LogP contribution < -0.4 is 10.9 Å². The number of aromatic nitrogens is 2. The lowest BCUT2D eigenvalue weighted by molar-refractivity contribution is -0.120. The van der Waals surface area contributed by atoms with Crippen LogP contribution in [0.3, 0.4) is 0 Å². The van der Waals surface area contributed by atoms with Crippen molar-refractivity contribution in [2.45, 2.75) is 80.8 Å². The maximum Gasteiger partial charge on any atom is 0.262 e. The van der Waals surface area contributed by atoms with E-state index in [9.17, 15) is 9.59 Å². The van der Waals surface area contributed by atoms with Crippen molar-refractivity contribution >= 4 is 28.6 Å². The molecular weight excluding hydrogens is 358 g/mol. The summed E-state index contributed by atoms with van der Waals surface area (Å²) in [5.74, 6) is 0.0484. The Morgan fingerprint density at radius 3 is 2.56 bits per heavy atom. The zero-order valence-electron chi connectivity index (χ0n) is 15.8. The third-order valence-corrected chi connectivity index (χ3v) is 6.88. The summed E-state index contributed by atoms with van der Waals surface area (Å²) in [5.41, 5.74) is 0.737. The van der Waals surface area contributed by atoms with Crippen molar-refractivity contribution in [2.24, 2.45) is 0 Å². The second-order valence-corrected chi connectivity index (χ2v) is 9.08. The standard InChI is InChI=1S/C21H27N3O2S/c1-14(19(25)22-15-8-2-3-9-15)27-21-23-18-13-7-6-12-17(18)20(26)24(21)16-10-4-5-11-16/h6-7,12-16H,2-5,8-11H2,1H3,(H,22,25)/t14-/m1/s1. The van der Waals surface area contributed by atoms with Gasteiger partial charge >= 0.3 is 0 Å². The molecule has 1 aromatic carbocycles. The molecule has 1 heterocycles. The Kier molecular flexibility index (Phi) is 5.53. The van der Waals surface area contributed by atoms with Crippen LogP contribution in [0.5, 0.6) is 0 Å². The van der Waals surface area contributed by atoms with Crippen LogP contribution in [0.15, 0.2) is 34.2 Å². The Balaban J connectivity index is 1.63. The third-order valence-electron chi connectivity index (χ3n) is 5.82. The number of rotatable bonds is 5. The summed E-state index contributed by atoms with van der Waals surface area (Å²) in [5, 5.41) is 4.24. The van der Waals surface area contributed by atoms with E-state index in [0.717, 1.165) is 38.5 Å². The summed E-state index contributed by atoms with van der Waals surface area (Å²) in [4.78, 5) is 30.6. The number of para-hydroxylation sites is 1. The van der Waals surface area contributed by atoms with E-state index in [1.54, 1.807) is 0 Å². The summed E-state index contributed by atoms with van der Waals surface area (Å²) >= 11 is 1.42. The zero-order valence-corrected chi connectivity index (χ0v) is 16.6. The van der Waals surface area contributed by atoms with E-state index in [1.807, 2.05) is 35.8 Å². The van der Waals surface area contributed by atoms with Crippen LogP contribution in [-0.2, 0) is 4.79 Å². The largest absolute Gasteiger partial charge is 0.352 e. The van der Waals surface area contributed by atoms with Gasteiger partial charge < -0.3 is 5.32 Å². The minimum absolute atomic E-state index is 0.0263. The van der Waals surface area contributed by atoms with E-state index < -0.39 is 0 Å². The lowest BCUT2D eigenvalue weighted by Gasteiger charge is -2.21. The van der Waals surface area contributed by atoms with Crippen molar-refractivity contribution in [1.29, 1.82) is 0 Å². The van der Waals surface area contributed by atoms with Crippen LogP contribution in [0.25, 0.3) is 10.9 Å². The van der Waals surface area contributed by atoms with Gasteiger partial charge in [0.15, 0.2) is 5.16 Å². The van der Waals surface area contributed by atoms with Gasteiger partial charge in [-0.15, -0.1) is 0 Å². The molecule has 0 aliphatic heterocycles. The molecule has 0 bridgehead atoms. The van der Waals surface area contributed by atoms with Gasteiger partial charge in [0.1, 0.15) is 0 Å². The van der Waals surface area contributed by atoms with E-state index in [4.69, 9.17) is 4.98 Å². The number of nitrogens with zero attached hydrogens (tertiary/aromatic N) is 2. The predicted molar refractivity (Wildman–Crippen MR) is 109 cm³/mol. The van der Waals surface area contributed by atoms with Crippen molar-refractivity contribution in [2.75, 3.05) is 0 Å². The molecular formula is C21H27N3O2S. The number of hydrogen-bond donors (Lipinski definition) is 1. The molecule has 1 N–H and O–H groups in total. The number of amides is 1. The Morgan fingerprint density at radius 1 is 1.15 bits per heavy atom. The summed E-state index contributed by atoms with van der Waals surface area (Å²) in [6.07, 6.45) is 8.85. The quantitative estimate of drug-likeness (QED) is 0.623. The van der Waals surface area contributed by atoms with Crippen LogP contribution in [0.2, 0.25) is 0 Å². The molecule has 4 rings (SSSR count). The molecule has 2 aliphatic carbocycles. The highest BCUT2D eigenvalue weighted by molar-refractivity contribution is 8.00. The van der Waals surface area contributed by atoms with Crippen LogP contribution >= 0.6 is 11.8 Å². The Labute approximate surface area is 163 Å². The maximum absolute atomic E-state index is 13.2. The number of benzene rings is 1. The molecule has 0 unspecified atom stereocenters. The molecule has 6 heteroatoms. The molecule has 1 atom stereocenters. The van der Waals surface area contributed by atoms with Gasteiger partial charge in [-0.05, 0) is 44.7 Å². The molecule has 0 saturated heterocycles. The first-order chi connectivity index (χ1) is 13.1. The van der Waals surface area contributed by atoms with Crippen LogP contribution in [-0.4, -0.2) is 26.8 Å². The van der Waals surface area contributed by atoms with Gasteiger partial charge in [0.05, 0.1) is 16.2 Å². The molecule has 1 aromatic heterocycles. The van der Waals surface area contributed by atoms with E-state index in [2.05, 4.69) is 5.32 Å². The normalized spacial score (nSPS) is 19.6. The van der Waals surface area contributed by atoms with E-state index in [1.165, 1.54) is 24.6 Å². The van der Waals surface area contributed by atoms with Crippen molar-refractivity contribution < 1.29 is 4.79 Å². The fourth-order valence-electron chi connectivity index (χ4n) is 4.29. The molecule has 27 heavy (non-hydrogen) atoms. The summed E-state index contributed by atoms with van der Waals surface area (Å²) in [7, 11) is 0. The Hall–Kier alpha value is -1.82. The topological polar surface area (TPSA) is 64.0 Å². The number of nitrogens with one attached hydrogen (secondary N) is 1. The average Bonchev–Trinajstić information content (AvgIpc) is 3.36.